The largest absolute Gasteiger partial charge is 0.464 e. The normalized spacial score (nSPS) is 23.2. The fourth-order valence-corrected chi connectivity index (χ4v) is 3.69. The molecule has 1 fully saturated rings. The van der Waals surface area contributed by atoms with Gasteiger partial charge in [-0.2, -0.15) is 0 Å². The predicted octanol–water partition coefficient (Wildman–Crippen LogP) is 3.21. The lowest BCUT2D eigenvalue weighted by Gasteiger charge is -2.31. The highest BCUT2D eigenvalue weighted by molar-refractivity contribution is 6.14. The highest BCUT2D eigenvalue weighted by Gasteiger charge is 2.29. The van der Waals surface area contributed by atoms with Crippen molar-refractivity contribution >= 4 is 40.5 Å². The van der Waals surface area contributed by atoms with E-state index in [-0.39, 0.29) is 0 Å². The molecule has 132 valence electrons. The Morgan fingerprint density at radius 2 is 1.92 bits per heavy atom. The third kappa shape index (κ3) is 2.77. The zero-order valence-electron chi connectivity index (χ0n) is 14.4. The number of aldehydes is 1. The molecule has 3 aromatic rings. The van der Waals surface area contributed by atoms with E-state index in [2.05, 4.69) is 19.2 Å². The monoisotopic (exact) mass is 348 g/mol. The van der Waals surface area contributed by atoms with Gasteiger partial charge < -0.3 is 19.4 Å². The lowest BCUT2D eigenvalue weighted by Crippen LogP contribution is -2.39. The van der Waals surface area contributed by atoms with Crippen molar-refractivity contribution in [3.8, 4) is 5.75 Å². The van der Waals surface area contributed by atoms with Crippen LogP contribution in [0, 0.1) is 0 Å². The van der Waals surface area contributed by atoms with Gasteiger partial charge in [-0.3, -0.25) is 0 Å². The first-order valence-corrected chi connectivity index (χ1v) is 8.65. The van der Waals surface area contributed by atoms with E-state index in [1.54, 1.807) is 0 Å². The summed E-state index contributed by atoms with van der Waals surface area (Å²) in [5.74, 6) is 0.660. The molecule has 4 heteroatoms. The summed E-state index contributed by atoms with van der Waals surface area (Å²) in [6, 6.07) is 11.9. The average Bonchev–Trinajstić information content (AvgIpc) is 2.65. The first-order valence-electron chi connectivity index (χ1n) is 8.65. The van der Waals surface area contributed by atoms with Gasteiger partial charge in [0.15, 0.2) is 0 Å². The van der Waals surface area contributed by atoms with E-state index in [0.717, 1.165) is 32.3 Å². The van der Waals surface area contributed by atoms with Gasteiger partial charge in [0.05, 0.1) is 6.10 Å². The molecule has 0 bridgehead atoms. The molecule has 0 spiro atoms. The topological polar surface area (TPSA) is 55.8 Å². The molecule has 0 amide bonds. The van der Waals surface area contributed by atoms with Crippen LogP contribution in [0.25, 0.3) is 34.2 Å². The molecule has 4 rings (SSSR count). The summed E-state index contributed by atoms with van der Waals surface area (Å²) in [6.07, 6.45) is 1.26. The van der Waals surface area contributed by atoms with Gasteiger partial charge in [-0.1, -0.05) is 49.6 Å². The smallest absolute Gasteiger partial charge is 0.203 e. The standard InChI is InChI=1S/C22H20O4/c1-3-14-5-6-15-7-9-19(18-8-4-13(2)21(14)22(15)18)26-20-11-16(24)10-17(12-23)25-20/h3-9,12,16-17,20,24H,1-2,10-11H2. The van der Waals surface area contributed by atoms with E-state index in [4.69, 9.17) is 9.47 Å². The van der Waals surface area contributed by atoms with Crippen molar-refractivity contribution in [2.24, 2.45) is 0 Å². The third-order valence-corrected chi connectivity index (χ3v) is 4.92. The second-order valence-corrected chi connectivity index (χ2v) is 6.65. The number of carbonyl (C=O) groups is 1. The van der Waals surface area contributed by atoms with Crippen molar-refractivity contribution in [2.45, 2.75) is 31.3 Å². The zero-order valence-corrected chi connectivity index (χ0v) is 14.4. The summed E-state index contributed by atoms with van der Waals surface area (Å²) in [5.41, 5.74) is 1.02. The SMILES string of the molecule is C=Cc1ccc2ccc(OC3CC(O)CC(C=O)O3)c3ccc(=C)c1c23. The Bertz CT molecular complexity index is 1040. The Balaban J connectivity index is 1.82. The number of aliphatic hydroxyl groups excluding tert-OH is 1. The Labute approximate surface area is 151 Å². The number of ether oxygens (including phenoxy) is 2. The van der Waals surface area contributed by atoms with E-state index in [1.165, 1.54) is 0 Å². The van der Waals surface area contributed by atoms with E-state index in [1.807, 2.05) is 36.4 Å². The summed E-state index contributed by atoms with van der Waals surface area (Å²) >= 11 is 0. The minimum atomic E-state index is -0.660. The van der Waals surface area contributed by atoms with E-state index in [0.29, 0.717) is 24.9 Å². The van der Waals surface area contributed by atoms with E-state index in [9.17, 15) is 9.90 Å². The third-order valence-electron chi connectivity index (χ3n) is 4.92. The van der Waals surface area contributed by atoms with Crippen molar-refractivity contribution < 1.29 is 19.4 Å². The first kappa shape index (κ1) is 16.8. The maximum absolute atomic E-state index is 11.0. The van der Waals surface area contributed by atoms with Crippen LogP contribution in [0.2, 0.25) is 0 Å². The van der Waals surface area contributed by atoms with Crippen molar-refractivity contribution in [3.63, 3.8) is 0 Å². The lowest BCUT2D eigenvalue weighted by molar-refractivity contribution is -0.175. The van der Waals surface area contributed by atoms with Crippen molar-refractivity contribution in [1.29, 1.82) is 0 Å². The summed E-state index contributed by atoms with van der Waals surface area (Å²) in [7, 11) is 0. The highest BCUT2D eigenvalue weighted by Crippen LogP contribution is 2.35. The molecule has 1 aliphatic rings. The van der Waals surface area contributed by atoms with Gasteiger partial charge in [0, 0.05) is 23.6 Å². The maximum Gasteiger partial charge on any atom is 0.203 e. The van der Waals surface area contributed by atoms with Crippen LogP contribution in [0.3, 0.4) is 0 Å². The molecule has 0 saturated carbocycles. The molecule has 3 aromatic carbocycles. The quantitative estimate of drug-likeness (QED) is 0.736. The van der Waals surface area contributed by atoms with Gasteiger partial charge in [-0.15, -0.1) is 0 Å². The van der Waals surface area contributed by atoms with Gasteiger partial charge >= 0.3 is 0 Å². The Morgan fingerprint density at radius 1 is 1.12 bits per heavy atom. The number of hydrogen-bond donors (Lipinski definition) is 1. The lowest BCUT2D eigenvalue weighted by atomic mass is 9.95. The molecular formula is C22H20O4. The van der Waals surface area contributed by atoms with Crippen molar-refractivity contribution in [2.75, 3.05) is 0 Å². The molecule has 0 aromatic heterocycles. The van der Waals surface area contributed by atoms with Crippen LogP contribution in [0.5, 0.6) is 5.75 Å². The predicted molar refractivity (Wildman–Crippen MR) is 103 cm³/mol. The fourth-order valence-electron chi connectivity index (χ4n) is 3.69. The van der Waals surface area contributed by atoms with Crippen LogP contribution in [-0.2, 0) is 9.53 Å². The first-order chi connectivity index (χ1) is 12.6. The van der Waals surface area contributed by atoms with Gasteiger partial charge in [-0.25, -0.2) is 0 Å². The summed E-state index contributed by atoms with van der Waals surface area (Å²) in [6.45, 7) is 8.05. The minimum Gasteiger partial charge on any atom is -0.464 e. The van der Waals surface area contributed by atoms with Gasteiger partial charge in [0.1, 0.15) is 18.1 Å². The molecule has 3 unspecified atom stereocenters. The molecule has 26 heavy (non-hydrogen) atoms. The van der Waals surface area contributed by atoms with Gasteiger partial charge in [0.2, 0.25) is 6.29 Å². The Kier molecular flexibility index (Phi) is 4.23. The van der Waals surface area contributed by atoms with Gasteiger partial charge in [-0.05, 0) is 27.6 Å². The minimum absolute atomic E-state index is 0.306. The molecule has 1 heterocycles. The zero-order chi connectivity index (χ0) is 18.3. The second kappa shape index (κ2) is 6.56. The maximum atomic E-state index is 11.0. The fraction of sp³-hybridized carbons (Fsp3) is 0.227. The Morgan fingerprint density at radius 3 is 2.69 bits per heavy atom. The van der Waals surface area contributed by atoms with Crippen molar-refractivity contribution in [1.82, 2.24) is 0 Å². The Hall–Kier alpha value is -2.69. The molecule has 1 saturated heterocycles. The number of rotatable bonds is 4. The molecular weight excluding hydrogens is 328 g/mol. The molecule has 0 aliphatic carbocycles. The van der Waals surface area contributed by atoms with E-state index < -0.39 is 18.5 Å². The highest BCUT2D eigenvalue weighted by atomic mass is 16.7. The van der Waals surface area contributed by atoms with Crippen molar-refractivity contribution in [3.05, 3.63) is 53.8 Å². The van der Waals surface area contributed by atoms with Crippen LogP contribution in [0.1, 0.15) is 18.4 Å². The molecule has 1 aliphatic heterocycles. The summed E-state index contributed by atoms with van der Waals surface area (Å²) in [4.78, 5) is 11.0. The number of hydrogen-bond acceptors (Lipinski definition) is 4. The number of aliphatic hydroxyl groups is 1. The number of benzene rings is 3. The molecule has 0 radical (unpaired) electrons. The van der Waals surface area contributed by atoms with Crippen LogP contribution in [-0.4, -0.2) is 29.9 Å². The molecule has 1 N–H and O–H groups in total. The van der Waals surface area contributed by atoms with Crippen LogP contribution in [0.4, 0.5) is 0 Å². The number of carbonyl (C=O) groups excluding carboxylic acids is 1. The van der Waals surface area contributed by atoms with E-state index >= 15 is 0 Å². The second-order valence-electron chi connectivity index (χ2n) is 6.65. The van der Waals surface area contributed by atoms with Crippen LogP contribution < -0.4 is 9.96 Å². The summed E-state index contributed by atoms with van der Waals surface area (Å²) in [5, 5.41) is 15.0. The van der Waals surface area contributed by atoms with Gasteiger partial charge in [0.25, 0.3) is 0 Å². The molecule has 3 atom stereocenters. The molecule has 4 nitrogen and oxygen atoms in total. The average molecular weight is 348 g/mol. The summed E-state index contributed by atoms with van der Waals surface area (Å²) < 4.78 is 11.7. The van der Waals surface area contributed by atoms with Crippen LogP contribution in [0.15, 0.2) is 43.0 Å². The van der Waals surface area contributed by atoms with Crippen LogP contribution >= 0.6 is 0 Å².